The fourth-order valence-corrected chi connectivity index (χ4v) is 2.52. The molecule has 0 radical (unpaired) electrons. The summed E-state index contributed by atoms with van der Waals surface area (Å²) < 4.78 is 15.3. The smallest absolute Gasteiger partial charge is 0.352 e. The van der Waals surface area contributed by atoms with Crippen molar-refractivity contribution in [2.24, 2.45) is 0 Å². The van der Waals surface area contributed by atoms with Crippen molar-refractivity contribution in [2.45, 2.75) is 6.54 Å². The Kier molecular flexibility index (Phi) is 3.53. The fraction of sp³-hybridized carbons (Fsp3) is 0.0625. The number of benzene rings is 2. The van der Waals surface area contributed by atoms with Crippen molar-refractivity contribution in [3.63, 3.8) is 0 Å². The molecule has 7 heteroatoms. The number of nitro benzene ring substituents is 1. The summed E-state index contributed by atoms with van der Waals surface area (Å²) in [5, 5.41) is 20.6. The van der Waals surface area contributed by atoms with E-state index in [1.807, 2.05) is 0 Å². The fourth-order valence-electron chi connectivity index (χ4n) is 2.52. The molecule has 0 atom stereocenters. The van der Waals surface area contributed by atoms with Crippen molar-refractivity contribution in [1.82, 2.24) is 4.57 Å². The summed E-state index contributed by atoms with van der Waals surface area (Å²) in [6.45, 7) is 0.0234. The maximum Gasteiger partial charge on any atom is 0.352 e. The van der Waals surface area contributed by atoms with Gasteiger partial charge in [-0.15, -0.1) is 0 Å². The van der Waals surface area contributed by atoms with Crippen LogP contribution in [0.1, 0.15) is 16.1 Å². The molecule has 23 heavy (non-hydrogen) atoms. The Morgan fingerprint density at radius 1 is 1.22 bits per heavy atom. The van der Waals surface area contributed by atoms with E-state index in [4.69, 9.17) is 0 Å². The number of nitro groups is 1. The maximum absolute atomic E-state index is 13.8. The molecule has 0 unspecified atom stereocenters. The number of hydrogen-bond acceptors (Lipinski definition) is 3. The van der Waals surface area contributed by atoms with Crippen LogP contribution in [0.15, 0.2) is 48.5 Å². The van der Waals surface area contributed by atoms with Gasteiger partial charge < -0.3 is 9.67 Å². The van der Waals surface area contributed by atoms with Crippen molar-refractivity contribution in [2.75, 3.05) is 0 Å². The first kappa shape index (κ1) is 14.7. The van der Waals surface area contributed by atoms with Gasteiger partial charge in [-0.25, -0.2) is 9.18 Å². The average Bonchev–Trinajstić information content (AvgIpc) is 2.87. The molecule has 0 aliphatic heterocycles. The predicted octanol–water partition coefficient (Wildman–Crippen LogP) is 3.44. The van der Waals surface area contributed by atoms with Gasteiger partial charge in [0.05, 0.1) is 11.5 Å². The Labute approximate surface area is 129 Å². The molecule has 3 rings (SSSR count). The minimum absolute atomic E-state index is 0.0234. The standard InChI is InChI=1S/C16H11FN2O4/c17-13-4-2-1-3-10(13)9-18-14-6-5-12(19(22)23)7-11(14)8-15(18)16(20)21/h1-8H,9H2,(H,20,21). The number of aromatic carboxylic acids is 1. The highest BCUT2D eigenvalue weighted by Gasteiger charge is 2.18. The van der Waals surface area contributed by atoms with E-state index < -0.39 is 16.7 Å². The van der Waals surface area contributed by atoms with E-state index in [1.165, 1.54) is 34.9 Å². The van der Waals surface area contributed by atoms with E-state index in [1.54, 1.807) is 18.2 Å². The van der Waals surface area contributed by atoms with Crippen LogP contribution in [0, 0.1) is 15.9 Å². The molecule has 2 aromatic carbocycles. The van der Waals surface area contributed by atoms with Gasteiger partial charge in [-0.3, -0.25) is 10.1 Å². The summed E-state index contributed by atoms with van der Waals surface area (Å²) in [4.78, 5) is 21.7. The molecule has 1 aromatic heterocycles. The van der Waals surface area contributed by atoms with Crippen LogP contribution >= 0.6 is 0 Å². The normalized spacial score (nSPS) is 10.8. The van der Waals surface area contributed by atoms with E-state index in [0.29, 0.717) is 16.5 Å². The minimum Gasteiger partial charge on any atom is -0.477 e. The number of non-ortho nitro benzene ring substituents is 1. The van der Waals surface area contributed by atoms with Gasteiger partial charge in [0.2, 0.25) is 0 Å². The predicted molar refractivity (Wildman–Crippen MR) is 81.1 cm³/mol. The Bertz CT molecular complexity index is 933. The van der Waals surface area contributed by atoms with Crippen molar-refractivity contribution >= 4 is 22.6 Å². The number of aromatic nitrogens is 1. The zero-order valence-corrected chi connectivity index (χ0v) is 11.8. The Balaban J connectivity index is 2.18. The zero-order chi connectivity index (χ0) is 16.6. The number of carboxylic acids is 1. The molecule has 3 aromatic rings. The van der Waals surface area contributed by atoms with Crippen LogP contribution in [0.2, 0.25) is 0 Å². The Hall–Kier alpha value is -3.22. The first-order chi connectivity index (χ1) is 11.0. The number of carbonyl (C=O) groups is 1. The van der Waals surface area contributed by atoms with Crippen LogP contribution in [0.4, 0.5) is 10.1 Å². The van der Waals surface area contributed by atoms with Crippen LogP contribution in [-0.2, 0) is 6.54 Å². The van der Waals surface area contributed by atoms with Crippen LogP contribution in [0.25, 0.3) is 10.9 Å². The molecule has 116 valence electrons. The summed E-state index contributed by atoms with van der Waals surface area (Å²) in [5.41, 5.74) is 0.656. The Morgan fingerprint density at radius 2 is 1.96 bits per heavy atom. The van der Waals surface area contributed by atoms with Gasteiger partial charge in [0, 0.05) is 28.6 Å². The second kappa shape index (κ2) is 5.53. The van der Waals surface area contributed by atoms with Crippen molar-refractivity contribution in [1.29, 1.82) is 0 Å². The highest BCUT2D eigenvalue weighted by molar-refractivity contribution is 5.95. The molecule has 0 aliphatic carbocycles. The van der Waals surface area contributed by atoms with Gasteiger partial charge in [-0.2, -0.15) is 0 Å². The average molecular weight is 314 g/mol. The molecule has 0 amide bonds. The molecule has 0 saturated carbocycles. The number of halogens is 1. The minimum atomic E-state index is -1.18. The highest BCUT2D eigenvalue weighted by Crippen LogP contribution is 2.26. The van der Waals surface area contributed by atoms with Crippen molar-refractivity contribution in [3.8, 4) is 0 Å². The number of carboxylic acid groups (broad SMARTS) is 1. The lowest BCUT2D eigenvalue weighted by Gasteiger charge is -2.09. The number of fused-ring (bicyclic) bond motifs is 1. The van der Waals surface area contributed by atoms with Gasteiger partial charge in [-0.1, -0.05) is 18.2 Å². The summed E-state index contributed by atoms with van der Waals surface area (Å²) in [6, 6.07) is 11.5. The topological polar surface area (TPSA) is 85.4 Å². The molecular weight excluding hydrogens is 303 g/mol. The second-order valence-electron chi connectivity index (χ2n) is 5.01. The molecule has 0 saturated heterocycles. The second-order valence-corrected chi connectivity index (χ2v) is 5.01. The first-order valence-corrected chi connectivity index (χ1v) is 6.72. The van der Waals surface area contributed by atoms with E-state index in [9.17, 15) is 24.4 Å². The molecule has 0 aliphatic rings. The maximum atomic E-state index is 13.8. The van der Waals surface area contributed by atoms with Crippen LogP contribution in [0.5, 0.6) is 0 Å². The van der Waals surface area contributed by atoms with Gasteiger partial charge in [-0.05, 0) is 18.2 Å². The molecule has 6 nitrogen and oxygen atoms in total. The summed E-state index contributed by atoms with van der Waals surface area (Å²) in [6.07, 6.45) is 0. The van der Waals surface area contributed by atoms with Crippen LogP contribution in [-0.4, -0.2) is 20.6 Å². The van der Waals surface area contributed by atoms with E-state index in [0.717, 1.165) is 0 Å². The summed E-state index contributed by atoms with van der Waals surface area (Å²) in [5.74, 6) is -1.62. The van der Waals surface area contributed by atoms with Gasteiger partial charge in [0.25, 0.3) is 5.69 Å². The van der Waals surface area contributed by atoms with E-state index in [-0.39, 0.29) is 17.9 Å². The lowest BCUT2D eigenvalue weighted by atomic mass is 10.2. The summed E-state index contributed by atoms with van der Waals surface area (Å²) >= 11 is 0. The summed E-state index contributed by atoms with van der Waals surface area (Å²) in [7, 11) is 0. The molecule has 0 fully saturated rings. The SMILES string of the molecule is O=C(O)c1cc2cc([N+](=O)[O-])ccc2n1Cc1ccccc1F. The quantitative estimate of drug-likeness (QED) is 0.590. The third kappa shape index (κ3) is 2.64. The molecule has 1 N–H and O–H groups in total. The van der Waals surface area contributed by atoms with Gasteiger partial charge in [0.1, 0.15) is 11.5 Å². The number of hydrogen-bond donors (Lipinski definition) is 1. The molecule has 0 bridgehead atoms. The lowest BCUT2D eigenvalue weighted by Crippen LogP contribution is -2.10. The highest BCUT2D eigenvalue weighted by atomic mass is 19.1. The van der Waals surface area contributed by atoms with Crippen molar-refractivity contribution < 1.29 is 19.2 Å². The largest absolute Gasteiger partial charge is 0.477 e. The number of rotatable bonds is 4. The first-order valence-electron chi connectivity index (χ1n) is 6.72. The monoisotopic (exact) mass is 314 g/mol. The molecule has 0 spiro atoms. The third-order valence-corrected chi connectivity index (χ3v) is 3.60. The van der Waals surface area contributed by atoms with Crippen LogP contribution < -0.4 is 0 Å². The Morgan fingerprint density at radius 3 is 2.61 bits per heavy atom. The molecule has 1 heterocycles. The van der Waals surface area contributed by atoms with E-state index in [2.05, 4.69) is 0 Å². The van der Waals surface area contributed by atoms with E-state index >= 15 is 0 Å². The lowest BCUT2D eigenvalue weighted by molar-refractivity contribution is -0.384. The van der Waals surface area contributed by atoms with Gasteiger partial charge >= 0.3 is 5.97 Å². The number of nitrogens with zero attached hydrogens (tertiary/aromatic N) is 2. The third-order valence-electron chi connectivity index (χ3n) is 3.60. The van der Waals surface area contributed by atoms with Gasteiger partial charge in [0.15, 0.2) is 0 Å². The molecular formula is C16H11FN2O4. The zero-order valence-electron chi connectivity index (χ0n) is 11.8. The van der Waals surface area contributed by atoms with Crippen LogP contribution in [0.3, 0.4) is 0 Å². The van der Waals surface area contributed by atoms with Crippen molar-refractivity contribution in [3.05, 3.63) is 75.7 Å².